The summed E-state index contributed by atoms with van der Waals surface area (Å²) in [6, 6.07) is 12.0. The number of aromatic nitrogens is 1. The molecular weight excluding hydrogens is 262 g/mol. The number of carbonyl (C=O) groups excluding carboxylic acids is 1. The molecule has 4 heteroatoms. The number of urea groups is 1. The molecule has 0 aliphatic carbocycles. The van der Waals surface area contributed by atoms with Gasteiger partial charge in [0.15, 0.2) is 0 Å². The van der Waals surface area contributed by atoms with Gasteiger partial charge in [-0.1, -0.05) is 30.3 Å². The van der Waals surface area contributed by atoms with Crippen molar-refractivity contribution in [2.24, 2.45) is 0 Å². The Morgan fingerprint density at radius 2 is 2.00 bits per heavy atom. The second-order valence-electron chi connectivity index (χ2n) is 4.98. The van der Waals surface area contributed by atoms with Gasteiger partial charge < -0.3 is 10.2 Å². The molecule has 4 nitrogen and oxygen atoms in total. The predicted octanol–water partition coefficient (Wildman–Crippen LogP) is 3.12. The first-order valence-corrected chi connectivity index (χ1v) is 7.17. The van der Waals surface area contributed by atoms with E-state index >= 15 is 0 Å². The molecule has 0 radical (unpaired) electrons. The standard InChI is InChI=1S/C17H21N3O/c1-3-19-17(21)20(12-15-8-6-10-18-11-15)13-16-9-5-4-7-14(16)2/h4-11H,3,12-13H2,1-2H3,(H,19,21). The summed E-state index contributed by atoms with van der Waals surface area (Å²) in [7, 11) is 0. The zero-order valence-electron chi connectivity index (χ0n) is 12.5. The largest absolute Gasteiger partial charge is 0.338 e. The molecule has 0 bridgehead atoms. The monoisotopic (exact) mass is 283 g/mol. The molecule has 21 heavy (non-hydrogen) atoms. The fourth-order valence-corrected chi connectivity index (χ4v) is 2.17. The highest BCUT2D eigenvalue weighted by atomic mass is 16.2. The highest BCUT2D eigenvalue weighted by Gasteiger charge is 2.14. The first-order chi connectivity index (χ1) is 10.2. The Morgan fingerprint density at radius 3 is 2.67 bits per heavy atom. The number of pyridine rings is 1. The Labute approximate surface area is 125 Å². The summed E-state index contributed by atoms with van der Waals surface area (Å²) in [5.74, 6) is 0. The zero-order chi connectivity index (χ0) is 15.1. The van der Waals surface area contributed by atoms with Gasteiger partial charge >= 0.3 is 6.03 Å². The minimum Gasteiger partial charge on any atom is -0.338 e. The fraction of sp³-hybridized carbons (Fsp3) is 0.294. The third kappa shape index (κ3) is 4.31. The predicted molar refractivity (Wildman–Crippen MR) is 83.7 cm³/mol. The smallest absolute Gasteiger partial charge is 0.317 e. The summed E-state index contributed by atoms with van der Waals surface area (Å²) >= 11 is 0. The van der Waals surface area contributed by atoms with Gasteiger partial charge in [-0.25, -0.2) is 4.79 Å². The molecule has 0 aliphatic rings. The third-order valence-electron chi connectivity index (χ3n) is 3.33. The molecule has 1 aromatic carbocycles. The SMILES string of the molecule is CCNC(=O)N(Cc1cccnc1)Cc1ccccc1C. The fourth-order valence-electron chi connectivity index (χ4n) is 2.17. The number of hydrogen-bond donors (Lipinski definition) is 1. The first kappa shape index (κ1) is 15.0. The molecule has 0 spiro atoms. The van der Waals surface area contributed by atoms with Gasteiger partial charge in [-0.15, -0.1) is 0 Å². The van der Waals surface area contributed by atoms with Gasteiger partial charge in [0.2, 0.25) is 0 Å². The van der Waals surface area contributed by atoms with E-state index in [9.17, 15) is 4.79 Å². The van der Waals surface area contributed by atoms with Crippen LogP contribution in [0, 0.1) is 6.92 Å². The van der Waals surface area contributed by atoms with Crippen LogP contribution in [0.25, 0.3) is 0 Å². The van der Waals surface area contributed by atoms with E-state index in [1.807, 2.05) is 36.1 Å². The Kier molecular flexibility index (Phi) is 5.32. The van der Waals surface area contributed by atoms with Gasteiger partial charge in [-0.3, -0.25) is 4.98 Å². The molecule has 0 fully saturated rings. The molecule has 0 unspecified atom stereocenters. The van der Waals surface area contributed by atoms with Crippen molar-refractivity contribution in [1.29, 1.82) is 0 Å². The van der Waals surface area contributed by atoms with E-state index in [2.05, 4.69) is 29.4 Å². The van der Waals surface area contributed by atoms with Gasteiger partial charge in [0, 0.05) is 32.0 Å². The molecule has 110 valence electrons. The topological polar surface area (TPSA) is 45.2 Å². The molecule has 1 N–H and O–H groups in total. The molecule has 2 rings (SSSR count). The van der Waals surface area contributed by atoms with Crippen LogP contribution in [0.2, 0.25) is 0 Å². The highest BCUT2D eigenvalue weighted by Crippen LogP contribution is 2.13. The molecule has 0 atom stereocenters. The number of rotatable bonds is 5. The van der Waals surface area contributed by atoms with Crippen molar-refractivity contribution in [1.82, 2.24) is 15.2 Å². The average molecular weight is 283 g/mol. The number of amides is 2. The number of hydrogen-bond acceptors (Lipinski definition) is 2. The van der Waals surface area contributed by atoms with Crippen molar-refractivity contribution in [3.8, 4) is 0 Å². The molecule has 0 saturated heterocycles. The summed E-state index contributed by atoms with van der Waals surface area (Å²) in [5.41, 5.74) is 3.38. The number of aryl methyl sites for hydroxylation is 1. The second-order valence-corrected chi connectivity index (χ2v) is 4.98. The van der Waals surface area contributed by atoms with Crippen LogP contribution in [-0.4, -0.2) is 22.5 Å². The van der Waals surface area contributed by atoms with Crippen LogP contribution >= 0.6 is 0 Å². The van der Waals surface area contributed by atoms with Gasteiger partial charge in [-0.2, -0.15) is 0 Å². The van der Waals surface area contributed by atoms with Crippen LogP contribution < -0.4 is 5.32 Å². The number of benzene rings is 1. The van der Waals surface area contributed by atoms with Crippen LogP contribution in [-0.2, 0) is 13.1 Å². The second kappa shape index (κ2) is 7.43. The van der Waals surface area contributed by atoms with E-state index in [0.29, 0.717) is 19.6 Å². The van der Waals surface area contributed by atoms with Crippen LogP contribution in [0.1, 0.15) is 23.6 Å². The molecular formula is C17H21N3O. The lowest BCUT2D eigenvalue weighted by atomic mass is 10.1. The molecule has 0 aliphatic heterocycles. The lowest BCUT2D eigenvalue weighted by Crippen LogP contribution is -2.39. The van der Waals surface area contributed by atoms with Crippen molar-refractivity contribution in [3.63, 3.8) is 0 Å². The summed E-state index contributed by atoms with van der Waals surface area (Å²) in [6.45, 7) is 5.75. The van der Waals surface area contributed by atoms with Crippen LogP contribution in [0.4, 0.5) is 4.79 Å². The summed E-state index contributed by atoms with van der Waals surface area (Å²) in [6.07, 6.45) is 3.53. The lowest BCUT2D eigenvalue weighted by molar-refractivity contribution is 0.192. The lowest BCUT2D eigenvalue weighted by Gasteiger charge is -2.23. The first-order valence-electron chi connectivity index (χ1n) is 7.17. The average Bonchev–Trinajstić information content (AvgIpc) is 2.50. The Bertz CT molecular complexity index is 584. The maximum absolute atomic E-state index is 12.3. The van der Waals surface area contributed by atoms with Crippen molar-refractivity contribution < 1.29 is 4.79 Å². The molecule has 1 aromatic heterocycles. The molecule has 1 heterocycles. The van der Waals surface area contributed by atoms with E-state index in [4.69, 9.17) is 0 Å². The van der Waals surface area contributed by atoms with E-state index < -0.39 is 0 Å². The van der Waals surface area contributed by atoms with Crippen LogP contribution in [0.5, 0.6) is 0 Å². The minimum atomic E-state index is -0.0513. The zero-order valence-corrected chi connectivity index (χ0v) is 12.5. The van der Waals surface area contributed by atoms with Crippen molar-refractivity contribution in [2.75, 3.05) is 6.54 Å². The van der Waals surface area contributed by atoms with Gasteiger partial charge in [0.1, 0.15) is 0 Å². The summed E-state index contributed by atoms with van der Waals surface area (Å²) in [5, 5.41) is 2.87. The Balaban J connectivity index is 2.16. The summed E-state index contributed by atoms with van der Waals surface area (Å²) in [4.78, 5) is 18.2. The number of carbonyl (C=O) groups is 1. The highest BCUT2D eigenvalue weighted by molar-refractivity contribution is 5.74. The van der Waals surface area contributed by atoms with Crippen molar-refractivity contribution in [3.05, 3.63) is 65.5 Å². The maximum atomic E-state index is 12.3. The van der Waals surface area contributed by atoms with Crippen LogP contribution in [0.3, 0.4) is 0 Å². The van der Waals surface area contributed by atoms with Gasteiger partial charge in [0.05, 0.1) is 0 Å². The Morgan fingerprint density at radius 1 is 1.19 bits per heavy atom. The molecule has 0 saturated carbocycles. The molecule has 2 aromatic rings. The third-order valence-corrected chi connectivity index (χ3v) is 3.33. The van der Waals surface area contributed by atoms with E-state index in [1.54, 1.807) is 12.4 Å². The van der Waals surface area contributed by atoms with E-state index in [-0.39, 0.29) is 6.03 Å². The van der Waals surface area contributed by atoms with E-state index in [0.717, 1.165) is 11.1 Å². The quantitative estimate of drug-likeness (QED) is 0.916. The Hall–Kier alpha value is -2.36. The number of nitrogens with zero attached hydrogens (tertiary/aromatic N) is 2. The van der Waals surface area contributed by atoms with Gasteiger partial charge in [-0.05, 0) is 36.6 Å². The van der Waals surface area contributed by atoms with E-state index in [1.165, 1.54) is 5.56 Å². The molecule has 2 amide bonds. The van der Waals surface area contributed by atoms with Crippen molar-refractivity contribution in [2.45, 2.75) is 26.9 Å². The van der Waals surface area contributed by atoms with Crippen LogP contribution in [0.15, 0.2) is 48.8 Å². The maximum Gasteiger partial charge on any atom is 0.317 e. The normalized spacial score (nSPS) is 10.2. The van der Waals surface area contributed by atoms with Crippen molar-refractivity contribution >= 4 is 6.03 Å². The van der Waals surface area contributed by atoms with Gasteiger partial charge in [0.25, 0.3) is 0 Å². The number of nitrogens with one attached hydrogen (secondary N) is 1. The minimum absolute atomic E-state index is 0.0513. The summed E-state index contributed by atoms with van der Waals surface area (Å²) < 4.78 is 0.